The molecular weight excluding hydrogens is 362 g/mol. The fourth-order valence-corrected chi connectivity index (χ4v) is 3.94. The topological polar surface area (TPSA) is 21.3 Å². The molecule has 0 saturated carbocycles. The van der Waals surface area contributed by atoms with E-state index in [9.17, 15) is 0 Å². The van der Waals surface area contributed by atoms with Crippen molar-refractivity contribution in [3.8, 4) is 16.9 Å². The molecule has 2 nitrogen and oxygen atoms in total. The lowest BCUT2D eigenvalue weighted by Crippen LogP contribution is -2.28. The van der Waals surface area contributed by atoms with Gasteiger partial charge in [-0.25, -0.2) is 0 Å². The van der Waals surface area contributed by atoms with Crippen molar-refractivity contribution in [1.82, 2.24) is 5.32 Å². The molecule has 1 fully saturated rings. The standard InChI is InChI=1S/C22H23NOS.ClH/c1-2-21(23-12-1)15-24-22-9-5-18(6-10-22)14-17-3-7-19(8-4-17)20-11-13-25-16-20;/h3-11,13,16,21,23H,1-2,12,14-15H2;1H/t21-;/m0./s1. The molecule has 26 heavy (non-hydrogen) atoms. The van der Waals surface area contributed by atoms with Crippen molar-refractivity contribution in [2.75, 3.05) is 13.2 Å². The molecule has 0 aliphatic carbocycles. The second kappa shape index (κ2) is 9.22. The second-order valence-corrected chi connectivity index (χ2v) is 7.41. The molecule has 4 rings (SSSR count). The van der Waals surface area contributed by atoms with Gasteiger partial charge in [-0.3, -0.25) is 0 Å². The zero-order valence-electron chi connectivity index (χ0n) is 14.7. The van der Waals surface area contributed by atoms with Crippen LogP contribution in [0, 0.1) is 0 Å². The summed E-state index contributed by atoms with van der Waals surface area (Å²) in [5, 5.41) is 7.77. The summed E-state index contributed by atoms with van der Waals surface area (Å²) >= 11 is 1.74. The van der Waals surface area contributed by atoms with Gasteiger partial charge in [0.2, 0.25) is 0 Å². The Morgan fingerprint density at radius 3 is 2.27 bits per heavy atom. The Balaban J connectivity index is 0.00000196. The van der Waals surface area contributed by atoms with Crippen molar-refractivity contribution >= 4 is 23.7 Å². The van der Waals surface area contributed by atoms with Crippen LogP contribution in [-0.2, 0) is 6.42 Å². The Morgan fingerprint density at radius 1 is 0.923 bits per heavy atom. The van der Waals surface area contributed by atoms with Gasteiger partial charge in [-0.15, -0.1) is 12.4 Å². The number of halogens is 1. The summed E-state index contributed by atoms with van der Waals surface area (Å²) in [7, 11) is 0. The van der Waals surface area contributed by atoms with Crippen LogP contribution in [0.15, 0.2) is 65.4 Å². The van der Waals surface area contributed by atoms with E-state index < -0.39 is 0 Å². The summed E-state index contributed by atoms with van der Waals surface area (Å²) < 4.78 is 5.89. The maximum absolute atomic E-state index is 5.89. The molecule has 0 amide bonds. The first-order chi connectivity index (χ1) is 12.4. The molecule has 3 aromatic rings. The highest BCUT2D eigenvalue weighted by atomic mass is 35.5. The SMILES string of the molecule is Cl.c1cc(-c2ccc(Cc3ccc(OC[C@@H]4CCCN4)cc3)cc2)cs1. The van der Waals surface area contributed by atoms with Crippen LogP contribution in [0.1, 0.15) is 24.0 Å². The van der Waals surface area contributed by atoms with E-state index in [1.165, 1.54) is 35.1 Å². The predicted molar refractivity (Wildman–Crippen MR) is 113 cm³/mol. The smallest absolute Gasteiger partial charge is 0.119 e. The zero-order valence-corrected chi connectivity index (χ0v) is 16.3. The minimum Gasteiger partial charge on any atom is -0.492 e. The molecule has 1 atom stereocenters. The number of thiophene rings is 1. The molecule has 0 spiro atoms. The zero-order chi connectivity index (χ0) is 16.9. The van der Waals surface area contributed by atoms with Gasteiger partial charge < -0.3 is 10.1 Å². The van der Waals surface area contributed by atoms with Crippen molar-refractivity contribution < 1.29 is 4.74 Å². The predicted octanol–water partition coefficient (Wildman–Crippen LogP) is 5.56. The quantitative estimate of drug-likeness (QED) is 0.599. The second-order valence-electron chi connectivity index (χ2n) is 6.63. The van der Waals surface area contributed by atoms with Crippen molar-refractivity contribution in [2.24, 2.45) is 0 Å². The Kier molecular flexibility index (Phi) is 6.73. The number of ether oxygens (including phenoxy) is 1. The largest absolute Gasteiger partial charge is 0.492 e. The van der Waals surface area contributed by atoms with Crippen LogP contribution in [0.2, 0.25) is 0 Å². The Hall–Kier alpha value is -1.81. The lowest BCUT2D eigenvalue weighted by Gasteiger charge is -2.12. The molecule has 0 radical (unpaired) electrons. The third-order valence-corrected chi connectivity index (χ3v) is 5.44. The van der Waals surface area contributed by atoms with Crippen LogP contribution in [0.5, 0.6) is 5.75 Å². The number of rotatable bonds is 6. The van der Waals surface area contributed by atoms with E-state index in [2.05, 4.69) is 70.7 Å². The average molecular weight is 386 g/mol. The highest BCUT2D eigenvalue weighted by Gasteiger charge is 2.14. The lowest BCUT2D eigenvalue weighted by molar-refractivity contribution is 0.277. The highest BCUT2D eigenvalue weighted by Crippen LogP contribution is 2.23. The fraction of sp³-hybridized carbons (Fsp3) is 0.273. The van der Waals surface area contributed by atoms with Crippen LogP contribution in [0.4, 0.5) is 0 Å². The van der Waals surface area contributed by atoms with Crippen molar-refractivity contribution in [2.45, 2.75) is 25.3 Å². The molecule has 1 aliphatic rings. The minimum absolute atomic E-state index is 0. The maximum Gasteiger partial charge on any atom is 0.119 e. The van der Waals surface area contributed by atoms with Gasteiger partial charge in [0.15, 0.2) is 0 Å². The van der Waals surface area contributed by atoms with Crippen LogP contribution in [0.3, 0.4) is 0 Å². The van der Waals surface area contributed by atoms with Gasteiger partial charge in [0, 0.05) is 6.04 Å². The normalized spacial score (nSPS) is 16.2. The van der Waals surface area contributed by atoms with Crippen LogP contribution >= 0.6 is 23.7 Å². The van der Waals surface area contributed by atoms with E-state index in [0.717, 1.165) is 25.3 Å². The first-order valence-electron chi connectivity index (χ1n) is 8.93. The molecule has 1 saturated heterocycles. The lowest BCUT2D eigenvalue weighted by atomic mass is 10.0. The van der Waals surface area contributed by atoms with E-state index >= 15 is 0 Å². The molecule has 2 aromatic carbocycles. The van der Waals surface area contributed by atoms with Crippen molar-refractivity contribution in [3.63, 3.8) is 0 Å². The summed E-state index contributed by atoms with van der Waals surface area (Å²) in [4.78, 5) is 0. The first-order valence-corrected chi connectivity index (χ1v) is 9.88. The van der Waals surface area contributed by atoms with Crippen molar-refractivity contribution in [1.29, 1.82) is 0 Å². The van der Waals surface area contributed by atoms with E-state index in [-0.39, 0.29) is 12.4 Å². The van der Waals surface area contributed by atoms with Gasteiger partial charge in [-0.1, -0.05) is 36.4 Å². The van der Waals surface area contributed by atoms with E-state index in [1.807, 2.05) is 0 Å². The molecule has 0 unspecified atom stereocenters. The van der Waals surface area contributed by atoms with Gasteiger partial charge in [-0.2, -0.15) is 11.3 Å². The summed E-state index contributed by atoms with van der Waals surface area (Å²) in [5.41, 5.74) is 5.24. The fourth-order valence-electron chi connectivity index (χ4n) is 3.28. The van der Waals surface area contributed by atoms with Gasteiger partial charge in [-0.05, 0) is 77.0 Å². The molecule has 1 aliphatic heterocycles. The van der Waals surface area contributed by atoms with E-state index in [4.69, 9.17) is 4.74 Å². The van der Waals surface area contributed by atoms with Crippen LogP contribution in [0.25, 0.3) is 11.1 Å². The van der Waals surface area contributed by atoms with Gasteiger partial charge in [0.25, 0.3) is 0 Å². The number of hydrogen-bond donors (Lipinski definition) is 1. The monoisotopic (exact) mass is 385 g/mol. The molecule has 0 bridgehead atoms. The summed E-state index contributed by atoms with van der Waals surface area (Å²) in [5.74, 6) is 0.963. The molecule has 136 valence electrons. The van der Waals surface area contributed by atoms with Gasteiger partial charge in [0.05, 0.1) is 0 Å². The Morgan fingerprint density at radius 2 is 1.65 bits per heavy atom. The van der Waals surface area contributed by atoms with Crippen LogP contribution < -0.4 is 10.1 Å². The molecule has 1 N–H and O–H groups in total. The molecule has 4 heteroatoms. The number of benzene rings is 2. The number of nitrogens with one attached hydrogen (secondary N) is 1. The molecular formula is C22H24ClNOS. The Bertz CT molecular complexity index is 778. The molecule has 2 heterocycles. The average Bonchev–Trinajstić information content (AvgIpc) is 3.36. The summed E-state index contributed by atoms with van der Waals surface area (Å²) in [6.07, 6.45) is 3.44. The van der Waals surface area contributed by atoms with Crippen LogP contribution in [-0.4, -0.2) is 19.2 Å². The van der Waals surface area contributed by atoms with E-state index in [0.29, 0.717) is 6.04 Å². The minimum atomic E-state index is 0. The van der Waals surface area contributed by atoms with Crippen molar-refractivity contribution in [3.05, 3.63) is 76.5 Å². The van der Waals surface area contributed by atoms with Gasteiger partial charge >= 0.3 is 0 Å². The third-order valence-electron chi connectivity index (χ3n) is 4.75. The first kappa shape index (κ1) is 19.0. The van der Waals surface area contributed by atoms with E-state index in [1.54, 1.807) is 11.3 Å². The van der Waals surface area contributed by atoms with Gasteiger partial charge in [0.1, 0.15) is 12.4 Å². The maximum atomic E-state index is 5.89. The summed E-state index contributed by atoms with van der Waals surface area (Å²) in [6.45, 7) is 1.89. The third kappa shape index (κ3) is 4.88. The Labute approximate surface area is 165 Å². The number of hydrogen-bond acceptors (Lipinski definition) is 3. The highest BCUT2D eigenvalue weighted by molar-refractivity contribution is 7.08. The molecule has 1 aromatic heterocycles. The summed E-state index contributed by atoms with van der Waals surface area (Å²) in [6, 6.07) is 20.1.